The van der Waals surface area contributed by atoms with Crippen molar-refractivity contribution in [1.29, 1.82) is 0 Å². The molecule has 2 rings (SSSR count). The van der Waals surface area contributed by atoms with E-state index in [0.29, 0.717) is 36.8 Å². The van der Waals surface area contributed by atoms with Crippen LogP contribution in [-0.2, 0) is 17.9 Å². The van der Waals surface area contributed by atoms with E-state index in [2.05, 4.69) is 24.3 Å². The Labute approximate surface area is 159 Å². The SMILES string of the molecule is Cc1c(C(=O)NCc2ccc(OCCCC(=O)O)cc2)cnn1CC(C)C. The van der Waals surface area contributed by atoms with Gasteiger partial charge in [0.25, 0.3) is 5.91 Å². The van der Waals surface area contributed by atoms with Gasteiger partial charge in [-0.3, -0.25) is 14.3 Å². The maximum absolute atomic E-state index is 12.4. The highest BCUT2D eigenvalue weighted by atomic mass is 16.5. The molecule has 146 valence electrons. The smallest absolute Gasteiger partial charge is 0.303 e. The van der Waals surface area contributed by atoms with Gasteiger partial charge in [0.2, 0.25) is 0 Å². The summed E-state index contributed by atoms with van der Waals surface area (Å²) in [7, 11) is 0. The van der Waals surface area contributed by atoms with Gasteiger partial charge in [0.15, 0.2) is 0 Å². The van der Waals surface area contributed by atoms with Crippen molar-refractivity contribution in [3.8, 4) is 5.75 Å². The largest absolute Gasteiger partial charge is 0.494 e. The fraction of sp³-hybridized carbons (Fsp3) is 0.450. The second-order valence-corrected chi connectivity index (χ2v) is 6.89. The molecule has 2 aromatic rings. The number of carboxylic acids is 1. The number of nitrogens with zero attached hydrogens (tertiary/aromatic N) is 2. The Bertz CT molecular complexity index is 766. The number of amides is 1. The van der Waals surface area contributed by atoms with Crippen molar-refractivity contribution in [1.82, 2.24) is 15.1 Å². The van der Waals surface area contributed by atoms with Gasteiger partial charge in [-0.2, -0.15) is 5.10 Å². The van der Waals surface area contributed by atoms with E-state index in [4.69, 9.17) is 9.84 Å². The van der Waals surface area contributed by atoms with Crippen LogP contribution < -0.4 is 10.1 Å². The van der Waals surface area contributed by atoms with Gasteiger partial charge in [-0.1, -0.05) is 26.0 Å². The number of aliphatic carboxylic acids is 1. The first-order valence-corrected chi connectivity index (χ1v) is 9.11. The third kappa shape index (κ3) is 6.44. The van der Waals surface area contributed by atoms with Gasteiger partial charge in [-0.15, -0.1) is 0 Å². The third-order valence-electron chi connectivity index (χ3n) is 4.07. The Morgan fingerprint density at radius 3 is 2.59 bits per heavy atom. The van der Waals surface area contributed by atoms with Crippen molar-refractivity contribution in [3.05, 3.63) is 47.3 Å². The summed E-state index contributed by atoms with van der Waals surface area (Å²) >= 11 is 0. The van der Waals surface area contributed by atoms with Gasteiger partial charge in [0, 0.05) is 25.2 Å². The molecule has 0 aliphatic carbocycles. The minimum Gasteiger partial charge on any atom is -0.494 e. The lowest BCUT2D eigenvalue weighted by atomic mass is 10.2. The van der Waals surface area contributed by atoms with Crippen molar-refractivity contribution in [2.24, 2.45) is 5.92 Å². The van der Waals surface area contributed by atoms with Crippen LogP contribution in [0.3, 0.4) is 0 Å². The lowest BCUT2D eigenvalue weighted by molar-refractivity contribution is -0.137. The highest BCUT2D eigenvalue weighted by Gasteiger charge is 2.14. The molecule has 0 aliphatic heterocycles. The van der Waals surface area contributed by atoms with Crippen molar-refractivity contribution < 1.29 is 19.4 Å². The van der Waals surface area contributed by atoms with E-state index in [9.17, 15) is 9.59 Å². The Morgan fingerprint density at radius 1 is 1.26 bits per heavy atom. The van der Waals surface area contributed by atoms with Crippen LogP contribution in [-0.4, -0.2) is 33.4 Å². The summed E-state index contributed by atoms with van der Waals surface area (Å²) in [5.74, 6) is 0.178. The van der Waals surface area contributed by atoms with Crippen LogP contribution >= 0.6 is 0 Å². The Balaban J connectivity index is 1.83. The van der Waals surface area contributed by atoms with Crippen molar-refractivity contribution >= 4 is 11.9 Å². The molecule has 0 saturated heterocycles. The molecule has 1 amide bonds. The maximum atomic E-state index is 12.4. The number of benzene rings is 1. The number of hydrogen-bond acceptors (Lipinski definition) is 4. The molecular weight excluding hydrogens is 346 g/mol. The van der Waals surface area contributed by atoms with E-state index < -0.39 is 5.97 Å². The topological polar surface area (TPSA) is 93.4 Å². The van der Waals surface area contributed by atoms with Crippen molar-refractivity contribution in [2.45, 2.75) is 46.7 Å². The molecule has 1 heterocycles. The minimum atomic E-state index is -0.824. The molecule has 0 unspecified atom stereocenters. The van der Waals surface area contributed by atoms with Crippen molar-refractivity contribution in [2.75, 3.05) is 6.61 Å². The third-order valence-corrected chi connectivity index (χ3v) is 4.07. The van der Waals surface area contributed by atoms with E-state index >= 15 is 0 Å². The summed E-state index contributed by atoms with van der Waals surface area (Å²) in [5, 5.41) is 15.8. The minimum absolute atomic E-state index is 0.0945. The lowest BCUT2D eigenvalue weighted by Crippen LogP contribution is -2.23. The number of carboxylic acid groups (broad SMARTS) is 1. The summed E-state index contributed by atoms with van der Waals surface area (Å²) < 4.78 is 7.35. The molecule has 0 bridgehead atoms. The summed E-state index contributed by atoms with van der Waals surface area (Å²) in [6.07, 6.45) is 2.18. The van der Waals surface area contributed by atoms with Crippen LogP contribution in [0.4, 0.5) is 0 Å². The van der Waals surface area contributed by atoms with Gasteiger partial charge >= 0.3 is 5.97 Å². The van der Waals surface area contributed by atoms with E-state index in [-0.39, 0.29) is 12.3 Å². The van der Waals surface area contributed by atoms with E-state index in [0.717, 1.165) is 17.8 Å². The molecule has 0 aliphatic rings. The summed E-state index contributed by atoms with van der Waals surface area (Å²) in [4.78, 5) is 22.9. The number of rotatable bonds is 10. The number of nitrogens with one attached hydrogen (secondary N) is 1. The zero-order valence-electron chi connectivity index (χ0n) is 16.1. The highest BCUT2D eigenvalue weighted by molar-refractivity contribution is 5.94. The molecule has 1 aromatic carbocycles. The molecule has 1 aromatic heterocycles. The molecule has 0 fully saturated rings. The second kappa shape index (κ2) is 9.75. The summed E-state index contributed by atoms with van der Waals surface area (Å²) in [6, 6.07) is 7.38. The molecule has 27 heavy (non-hydrogen) atoms. The first-order valence-electron chi connectivity index (χ1n) is 9.11. The number of hydrogen-bond donors (Lipinski definition) is 2. The zero-order valence-corrected chi connectivity index (χ0v) is 16.1. The van der Waals surface area contributed by atoms with E-state index in [1.165, 1.54) is 0 Å². The van der Waals surface area contributed by atoms with Crippen LogP contribution in [0.5, 0.6) is 5.75 Å². The highest BCUT2D eigenvalue weighted by Crippen LogP contribution is 2.14. The average molecular weight is 373 g/mol. The fourth-order valence-corrected chi connectivity index (χ4v) is 2.59. The van der Waals surface area contributed by atoms with Crippen molar-refractivity contribution in [3.63, 3.8) is 0 Å². The van der Waals surface area contributed by atoms with Crippen LogP contribution in [0.1, 0.15) is 48.3 Å². The molecule has 2 N–H and O–H groups in total. The van der Waals surface area contributed by atoms with Crippen LogP contribution in [0, 0.1) is 12.8 Å². The van der Waals surface area contributed by atoms with Gasteiger partial charge in [0.05, 0.1) is 18.4 Å². The molecule has 0 atom stereocenters. The first-order chi connectivity index (χ1) is 12.9. The number of aromatic nitrogens is 2. The van der Waals surface area contributed by atoms with Gasteiger partial charge < -0.3 is 15.2 Å². The monoisotopic (exact) mass is 373 g/mol. The Kier molecular flexibility index (Phi) is 7.40. The lowest BCUT2D eigenvalue weighted by Gasteiger charge is -2.09. The molecular formula is C20H27N3O4. The van der Waals surface area contributed by atoms with Gasteiger partial charge in [-0.05, 0) is 37.0 Å². The van der Waals surface area contributed by atoms with Gasteiger partial charge in [-0.25, -0.2) is 0 Å². The fourth-order valence-electron chi connectivity index (χ4n) is 2.59. The Hall–Kier alpha value is -2.83. The molecule has 7 nitrogen and oxygen atoms in total. The summed E-state index contributed by atoms with van der Waals surface area (Å²) in [5.41, 5.74) is 2.41. The number of carbonyl (C=O) groups is 2. The molecule has 0 radical (unpaired) electrons. The average Bonchev–Trinajstić information content (AvgIpc) is 2.97. The van der Waals surface area contributed by atoms with Crippen LogP contribution in [0.25, 0.3) is 0 Å². The van der Waals surface area contributed by atoms with E-state index in [1.807, 2.05) is 35.9 Å². The molecule has 0 saturated carbocycles. The zero-order chi connectivity index (χ0) is 19.8. The normalized spacial score (nSPS) is 10.8. The Morgan fingerprint density at radius 2 is 1.96 bits per heavy atom. The molecule has 0 spiro atoms. The predicted octanol–water partition coefficient (Wildman–Crippen LogP) is 3.02. The van der Waals surface area contributed by atoms with E-state index in [1.54, 1.807) is 6.20 Å². The quantitative estimate of drug-likeness (QED) is 0.625. The van der Waals surface area contributed by atoms with Crippen LogP contribution in [0.15, 0.2) is 30.5 Å². The number of carbonyl (C=O) groups excluding carboxylic acids is 1. The standard InChI is InChI=1S/C20H27N3O4/c1-14(2)13-23-15(3)18(12-22-23)20(26)21-11-16-6-8-17(9-7-16)27-10-4-5-19(24)25/h6-9,12,14H,4-5,10-11,13H2,1-3H3,(H,21,26)(H,24,25). The maximum Gasteiger partial charge on any atom is 0.303 e. The van der Waals surface area contributed by atoms with Gasteiger partial charge in [0.1, 0.15) is 5.75 Å². The predicted molar refractivity (Wildman–Crippen MR) is 102 cm³/mol. The second-order valence-electron chi connectivity index (χ2n) is 6.89. The first kappa shape index (κ1) is 20.5. The number of ether oxygens (including phenoxy) is 1. The van der Waals surface area contributed by atoms with Crippen LogP contribution in [0.2, 0.25) is 0 Å². The summed E-state index contributed by atoms with van der Waals surface area (Å²) in [6.45, 7) is 7.68. The molecule has 7 heteroatoms.